The third-order valence-corrected chi connectivity index (χ3v) is 2.39. The minimum atomic E-state index is -0.894. The van der Waals surface area contributed by atoms with Crippen molar-refractivity contribution >= 4 is 11.9 Å². The van der Waals surface area contributed by atoms with Crippen molar-refractivity contribution < 1.29 is 23.8 Å². The Kier molecular flexibility index (Phi) is 5.66. The van der Waals surface area contributed by atoms with Gasteiger partial charge in [0.15, 0.2) is 0 Å². The highest BCUT2D eigenvalue weighted by molar-refractivity contribution is 6.32. The molecule has 6 heteroatoms. The fourth-order valence-electron chi connectivity index (χ4n) is 1.44. The fourth-order valence-corrected chi connectivity index (χ4v) is 1.44. The summed E-state index contributed by atoms with van der Waals surface area (Å²) in [6.45, 7) is 1.97. The van der Waals surface area contributed by atoms with Crippen LogP contribution >= 0.6 is 0 Å². The van der Waals surface area contributed by atoms with Crippen LogP contribution in [0.4, 0.5) is 0 Å². The van der Waals surface area contributed by atoms with Crippen LogP contribution in [0.15, 0.2) is 18.2 Å². The highest BCUT2D eigenvalue weighted by Crippen LogP contribution is 2.24. The molecule has 0 aliphatic carbocycles. The van der Waals surface area contributed by atoms with E-state index in [9.17, 15) is 9.59 Å². The molecule has 0 unspecified atom stereocenters. The van der Waals surface area contributed by atoms with Crippen molar-refractivity contribution in [1.29, 1.82) is 0 Å². The molecule has 0 saturated heterocycles. The Morgan fingerprint density at radius 1 is 1.21 bits per heavy atom. The molecule has 0 aromatic heterocycles. The first-order chi connectivity index (χ1) is 9.12. The van der Waals surface area contributed by atoms with Gasteiger partial charge in [0.05, 0.1) is 20.8 Å². The average molecular weight is 267 g/mol. The number of rotatable bonds is 5. The van der Waals surface area contributed by atoms with Crippen LogP contribution < -0.4 is 14.8 Å². The van der Waals surface area contributed by atoms with Gasteiger partial charge in [-0.1, -0.05) is 0 Å². The zero-order chi connectivity index (χ0) is 14.3. The van der Waals surface area contributed by atoms with Gasteiger partial charge < -0.3 is 19.5 Å². The van der Waals surface area contributed by atoms with Crippen LogP contribution in [0, 0.1) is 0 Å². The number of methoxy groups -OCH3 is 2. The van der Waals surface area contributed by atoms with Crippen LogP contribution in [0.25, 0.3) is 0 Å². The first-order valence-corrected chi connectivity index (χ1v) is 5.78. The standard InChI is InChI=1S/C13H17NO5/c1-4-19-13(16)12(15)14-8-9-5-6-10(17-2)7-11(9)18-3/h5-7H,4,8H2,1-3H3,(H,14,15). The maximum atomic E-state index is 11.4. The van der Waals surface area contributed by atoms with E-state index < -0.39 is 11.9 Å². The van der Waals surface area contributed by atoms with Crippen LogP contribution in [-0.4, -0.2) is 32.7 Å². The monoisotopic (exact) mass is 267 g/mol. The van der Waals surface area contributed by atoms with Gasteiger partial charge in [-0.3, -0.25) is 4.79 Å². The molecule has 0 aliphatic rings. The highest BCUT2D eigenvalue weighted by Gasteiger charge is 2.15. The first-order valence-electron chi connectivity index (χ1n) is 5.78. The van der Waals surface area contributed by atoms with E-state index in [2.05, 4.69) is 10.1 Å². The summed E-state index contributed by atoms with van der Waals surface area (Å²) in [6, 6.07) is 5.20. The van der Waals surface area contributed by atoms with Crippen molar-refractivity contribution in [3.05, 3.63) is 23.8 Å². The molecule has 1 aromatic carbocycles. The molecule has 0 atom stereocenters. The lowest BCUT2D eigenvalue weighted by Crippen LogP contribution is -2.32. The second-order valence-corrected chi connectivity index (χ2v) is 3.58. The van der Waals surface area contributed by atoms with Gasteiger partial charge in [-0.2, -0.15) is 0 Å². The van der Waals surface area contributed by atoms with E-state index in [-0.39, 0.29) is 13.2 Å². The quantitative estimate of drug-likeness (QED) is 0.633. The molecule has 1 rings (SSSR count). The lowest BCUT2D eigenvalue weighted by molar-refractivity contribution is -0.154. The molecule has 104 valence electrons. The van der Waals surface area contributed by atoms with Crippen molar-refractivity contribution in [3.8, 4) is 11.5 Å². The molecule has 0 aliphatic heterocycles. The van der Waals surface area contributed by atoms with E-state index >= 15 is 0 Å². The van der Waals surface area contributed by atoms with Crippen LogP contribution in [0.3, 0.4) is 0 Å². The third-order valence-electron chi connectivity index (χ3n) is 2.39. The van der Waals surface area contributed by atoms with E-state index in [0.29, 0.717) is 11.5 Å². The number of benzene rings is 1. The van der Waals surface area contributed by atoms with Gasteiger partial charge >= 0.3 is 11.9 Å². The molecular weight excluding hydrogens is 250 g/mol. The maximum absolute atomic E-state index is 11.4. The number of carbonyl (C=O) groups excluding carboxylic acids is 2. The summed E-state index contributed by atoms with van der Waals surface area (Å²) in [5.74, 6) is -0.449. The summed E-state index contributed by atoms with van der Waals surface area (Å²) in [5, 5.41) is 2.46. The normalized spacial score (nSPS) is 9.63. The smallest absolute Gasteiger partial charge is 0.396 e. The zero-order valence-corrected chi connectivity index (χ0v) is 11.2. The van der Waals surface area contributed by atoms with E-state index in [0.717, 1.165) is 5.56 Å². The first kappa shape index (κ1) is 14.8. The van der Waals surface area contributed by atoms with E-state index in [1.807, 2.05) is 0 Å². The molecular formula is C13H17NO5. The summed E-state index contributed by atoms with van der Waals surface area (Å²) >= 11 is 0. The molecule has 0 bridgehead atoms. The second-order valence-electron chi connectivity index (χ2n) is 3.58. The topological polar surface area (TPSA) is 73.9 Å². The largest absolute Gasteiger partial charge is 0.497 e. The predicted molar refractivity (Wildman–Crippen MR) is 68.0 cm³/mol. The molecule has 0 saturated carbocycles. The van der Waals surface area contributed by atoms with Gasteiger partial charge in [0.2, 0.25) is 0 Å². The number of hydrogen-bond donors (Lipinski definition) is 1. The van der Waals surface area contributed by atoms with Crippen molar-refractivity contribution in [2.45, 2.75) is 13.5 Å². The van der Waals surface area contributed by atoms with Crippen LogP contribution in [0.2, 0.25) is 0 Å². The Balaban J connectivity index is 2.67. The number of amides is 1. The summed E-state index contributed by atoms with van der Waals surface area (Å²) in [4.78, 5) is 22.5. The van der Waals surface area contributed by atoms with E-state index in [4.69, 9.17) is 9.47 Å². The Morgan fingerprint density at radius 3 is 2.53 bits per heavy atom. The summed E-state index contributed by atoms with van der Waals surface area (Å²) in [5.41, 5.74) is 0.737. The van der Waals surface area contributed by atoms with Crippen molar-refractivity contribution in [1.82, 2.24) is 5.32 Å². The Bertz CT molecular complexity index is 458. The number of hydrogen-bond acceptors (Lipinski definition) is 5. The van der Waals surface area contributed by atoms with Gasteiger partial charge in [0.25, 0.3) is 0 Å². The van der Waals surface area contributed by atoms with E-state index in [1.165, 1.54) is 7.11 Å². The van der Waals surface area contributed by atoms with E-state index in [1.54, 1.807) is 32.2 Å². The third kappa shape index (κ3) is 4.17. The van der Waals surface area contributed by atoms with Gasteiger partial charge in [-0.15, -0.1) is 0 Å². The molecule has 1 amide bonds. The average Bonchev–Trinajstić information content (AvgIpc) is 2.44. The second kappa shape index (κ2) is 7.25. The zero-order valence-electron chi connectivity index (χ0n) is 11.2. The molecule has 0 fully saturated rings. The molecule has 6 nitrogen and oxygen atoms in total. The predicted octanol–water partition coefficient (Wildman–Crippen LogP) is 0.883. The van der Waals surface area contributed by atoms with Gasteiger partial charge in [0.1, 0.15) is 11.5 Å². The fraction of sp³-hybridized carbons (Fsp3) is 0.385. The molecule has 1 N–H and O–H groups in total. The molecule has 1 aromatic rings. The Morgan fingerprint density at radius 2 is 1.95 bits per heavy atom. The molecule has 0 radical (unpaired) electrons. The molecule has 0 heterocycles. The number of esters is 1. The van der Waals surface area contributed by atoms with Crippen LogP contribution in [0.5, 0.6) is 11.5 Å². The van der Waals surface area contributed by atoms with Crippen molar-refractivity contribution in [2.24, 2.45) is 0 Å². The number of ether oxygens (including phenoxy) is 3. The molecule has 19 heavy (non-hydrogen) atoms. The maximum Gasteiger partial charge on any atom is 0.396 e. The number of carbonyl (C=O) groups is 2. The van der Waals surface area contributed by atoms with Gasteiger partial charge in [-0.05, 0) is 19.1 Å². The Labute approximate surface area is 111 Å². The Hall–Kier alpha value is -2.24. The highest BCUT2D eigenvalue weighted by atomic mass is 16.5. The van der Waals surface area contributed by atoms with Gasteiger partial charge in [0, 0.05) is 18.2 Å². The summed E-state index contributed by atoms with van der Waals surface area (Å²) < 4.78 is 14.8. The van der Waals surface area contributed by atoms with Crippen LogP contribution in [0.1, 0.15) is 12.5 Å². The summed E-state index contributed by atoms with van der Waals surface area (Å²) in [7, 11) is 3.07. The lowest BCUT2D eigenvalue weighted by atomic mass is 10.2. The summed E-state index contributed by atoms with van der Waals surface area (Å²) in [6.07, 6.45) is 0. The van der Waals surface area contributed by atoms with Gasteiger partial charge in [-0.25, -0.2) is 4.79 Å². The SMILES string of the molecule is CCOC(=O)C(=O)NCc1ccc(OC)cc1OC. The minimum Gasteiger partial charge on any atom is -0.497 e. The van der Waals surface area contributed by atoms with Crippen LogP contribution in [-0.2, 0) is 20.9 Å². The van der Waals surface area contributed by atoms with Crippen molar-refractivity contribution in [2.75, 3.05) is 20.8 Å². The minimum absolute atomic E-state index is 0.165. The molecule has 0 spiro atoms. The van der Waals surface area contributed by atoms with Crippen molar-refractivity contribution in [3.63, 3.8) is 0 Å². The lowest BCUT2D eigenvalue weighted by Gasteiger charge is -2.11. The number of nitrogens with one attached hydrogen (secondary N) is 1.